The summed E-state index contributed by atoms with van der Waals surface area (Å²) in [5.74, 6) is 0.288. The summed E-state index contributed by atoms with van der Waals surface area (Å²) in [5.41, 5.74) is 2.77. The summed E-state index contributed by atoms with van der Waals surface area (Å²) < 4.78 is 31.2. The number of anilines is 2. The van der Waals surface area contributed by atoms with Crippen LogP contribution in [0.1, 0.15) is 37.6 Å². The number of hydrogen-bond donors (Lipinski definition) is 0. The lowest BCUT2D eigenvalue weighted by molar-refractivity contribution is 0.0577. The molecule has 1 aromatic carbocycles. The summed E-state index contributed by atoms with van der Waals surface area (Å²) in [5, 5.41) is 0. The van der Waals surface area contributed by atoms with Crippen molar-refractivity contribution in [2.45, 2.75) is 46.8 Å². The van der Waals surface area contributed by atoms with Gasteiger partial charge < -0.3 is 19.1 Å². The zero-order valence-electron chi connectivity index (χ0n) is 19.7. The molecule has 1 aromatic heterocycles. The Balaban J connectivity index is 2.02. The number of rotatable bonds is 5. The first-order chi connectivity index (χ1) is 15.1. The van der Waals surface area contributed by atoms with Crippen molar-refractivity contribution in [3.63, 3.8) is 0 Å². The number of benzene rings is 1. The van der Waals surface area contributed by atoms with Crippen LogP contribution in [0.4, 0.5) is 20.6 Å². The first kappa shape index (κ1) is 23.8. The first-order valence-electron chi connectivity index (χ1n) is 10.7. The zero-order valence-corrected chi connectivity index (χ0v) is 19.7. The van der Waals surface area contributed by atoms with Crippen molar-refractivity contribution in [1.82, 2.24) is 4.98 Å². The average molecular weight is 446 g/mol. The molecule has 7 nitrogen and oxygen atoms in total. The summed E-state index contributed by atoms with van der Waals surface area (Å²) in [6.45, 7) is 11.8. The molecule has 1 saturated heterocycles. The second kappa shape index (κ2) is 9.73. The summed E-state index contributed by atoms with van der Waals surface area (Å²) in [6.07, 6.45) is 1.14. The van der Waals surface area contributed by atoms with E-state index in [0.717, 1.165) is 11.1 Å². The van der Waals surface area contributed by atoms with Gasteiger partial charge in [0.15, 0.2) is 0 Å². The number of aryl methyl sites for hydroxylation is 1. The number of amides is 1. The van der Waals surface area contributed by atoms with Crippen LogP contribution in [0.2, 0.25) is 0 Å². The largest absolute Gasteiger partial charge is 0.496 e. The van der Waals surface area contributed by atoms with Crippen LogP contribution in [0.5, 0.6) is 5.75 Å². The van der Waals surface area contributed by atoms with Gasteiger partial charge in [-0.2, -0.15) is 0 Å². The molecule has 2 aromatic rings. The van der Waals surface area contributed by atoms with Crippen molar-refractivity contribution < 1.29 is 23.4 Å². The Kier molecular flexibility index (Phi) is 7.23. The highest BCUT2D eigenvalue weighted by Crippen LogP contribution is 2.30. The average Bonchev–Trinajstić information content (AvgIpc) is 2.72. The molecule has 8 heteroatoms. The monoisotopic (exact) mass is 445 g/mol. The van der Waals surface area contributed by atoms with Crippen LogP contribution in [0.25, 0.3) is 0 Å². The molecule has 1 fully saturated rings. The molecule has 3 rings (SSSR count). The van der Waals surface area contributed by atoms with Gasteiger partial charge in [-0.3, -0.25) is 9.88 Å². The standard InChI is InChI=1S/C24H32FN3O4/c1-16-14-26-21(17(2)22(16)30-6)15-28(23(29)32-24(3,4)5)20-12-18(25)11-19(13-20)27-7-9-31-10-8-27/h11-14H,7-10,15H2,1-6H3. The number of methoxy groups -OCH3 is 1. The fourth-order valence-electron chi connectivity index (χ4n) is 3.68. The van der Waals surface area contributed by atoms with E-state index in [0.29, 0.717) is 49.1 Å². The Labute approximate surface area is 189 Å². The molecular weight excluding hydrogens is 413 g/mol. The molecule has 0 spiro atoms. The van der Waals surface area contributed by atoms with E-state index in [-0.39, 0.29) is 6.54 Å². The lowest BCUT2D eigenvalue weighted by Gasteiger charge is -2.31. The zero-order chi connectivity index (χ0) is 23.5. The quantitative estimate of drug-likeness (QED) is 0.669. The third kappa shape index (κ3) is 5.68. The summed E-state index contributed by atoms with van der Waals surface area (Å²) in [6, 6.07) is 4.62. The maximum absolute atomic E-state index is 14.7. The number of halogens is 1. The number of carbonyl (C=O) groups excluding carboxylic acids is 1. The topological polar surface area (TPSA) is 64.1 Å². The smallest absolute Gasteiger partial charge is 0.415 e. The highest BCUT2D eigenvalue weighted by atomic mass is 19.1. The maximum Gasteiger partial charge on any atom is 0.415 e. The lowest BCUT2D eigenvalue weighted by Crippen LogP contribution is -2.38. The minimum atomic E-state index is -0.705. The predicted molar refractivity (Wildman–Crippen MR) is 122 cm³/mol. The first-order valence-corrected chi connectivity index (χ1v) is 10.7. The van der Waals surface area contributed by atoms with Crippen molar-refractivity contribution in [2.24, 2.45) is 0 Å². The van der Waals surface area contributed by atoms with Gasteiger partial charge in [-0.05, 0) is 52.8 Å². The highest BCUT2D eigenvalue weighted by molar-refractivity contribution is 5.88. The fourth-order valence-corrected chi connectivity index (χ4v) is 3.68. The second-order valence-electron chi connectivity index (χ2n) is 8.88. The fraction of sp³-hybridized carbons (Fsp3) is 0.500. The van der Waals surface area contributed by atoms with Crippen molar-refractivity contribution in [2.75, 3.05) is 43.2 Å². The Morgan fingerprint density at radius 1 is 1.22 bits per heavy atom. The van der Waals surface area contributed by atoms with E-state index < -0.39 is 17.5 Å². The number of hydrogen-bond acceptors (Lipinski definition) is 6. The molecule has 0 unspecified atom stereocenters. The Morgan fingerprint density at radius 2 is 1.91 bits per heavy atom. The maximum atomic E-state index is 14.7. The molecule has 1 aliphatic heterocycles. The molecule has 174 valence electrons. The summed E-state index contributed by atoms with van der Waals surface area (Å²) >= 11 is 0. The third-order valence-electron chi connectivity index (χ3n) is 5.23. The van der Waals surface area contributed by atoms with Gasteiger partial charge in [0.25, 0.3) is 0 Å². The summed E-state index contributed by atoms with van der Waals surface area (Å²) in [4.78, 5) is 21.2. The van der Waals surface area contributed by atoms with Crippen LogP contribution in [0.3, 0.4) is 0 Å². The van der Waals surface area contributed by atoms with E-state index in [9.17, 15) is 9.18 Å². The number of carbonyl (C=O) groups is 1. The molecule has 0 aliphatic carbocycles. The number of aromatic nitrogens is 1. The molecule has 0 radical (unpaired) electrons. The van der Waals surface area contributed by atoms with Gasteiger partial charge in [0, 0.05) is 36.1 Å². The Hall–Kier alpha value is -2.87. The minimum Gasteiger partial charge on any atom is -0.496 e. The molecule has 32 heavy (non-hydrogen) atoms. The van der Waals surface area contributed by atoms with Gasteiger partial charge in [0.05, 0.1) is 38.2 Å². The van der Waals surface area contributed by atoms with Gasteiger partial charge >= 0.3 is 6.09 Å². The van der Waals surface area contributed by atoms with Gasteiger partial charge in [-0.15, -0.1) is 0 Å². The minimum absolute atomic E-state index is 0.114. The van der Waals surface area contributed by atoms with E-state index in [4.69, 9.17) is 14.2 Å². The number of nitrogens with zero attached hydrogens (tertiary/aromatic N) is 3. The van der Waals surface area contributed by atoms with Crippen molar-refractivity contribution in [3.05, 3.63) is 47.0 Å². The molecule has 0 bridgehead atoms. The van der Waals surface area contributed by atoms with Crippen LogP contribution in [0.15, 0.2) is 24.4 Å². The second-order valence-corrected chi connectivity index (χ2v) is 8.88. The van der Waals surface area contributed by atoms with Crippen LogP contribution >= 0.6 is 0 Å². The normalized spacial score (nSPS) is 14.3. The van der Waals surface area contributed by atoms with Crippen LogP contribution in [0, 0.1) is 19.7 Å². The molecule has 1 amide bonds. The lowest BCUT2D eigenvalue weighted by atomic mass is 10.1. The number of morpholine rings is 1. The van der Waals surface area contributed by atoms with Gasteiger partial charge in [0.1, 0.15) is 17.2 Å². The van der Waals surface area contributed by atoms with Crippen LogP contribution in [-0.2, 0) is 16.0 Å². The molecule has 0 saturated carbocycles. The van der Waals surface area contributed by atoms with Crippen molar-refractivity contribution in [1.29, 1.82) is 0 Å². The van der Waals surface area contributed by atoms with E-state index in [2.05, 4.69) is 4.98 Å². The van der Waals surface area contributed by atoms with E-state index in [1.807, 2.05) is 18.7 Å². The molecule has 2 heterocycles. The van der Waals surface area contributed by atoms with E-state index in [1.165, 1.54) is 17.0 Å². The van der Waals surface area contributed by atoms with Crippen molar-refractivity contribution >= 4 is 17.5 Å². The molecule has 0 N–H and O–H groups in total. The third-order valence-corrected chi connectivity index (χ3v) is 5.23. The van der Waals surface area contributed by atoms with Gasteiger partial charge in [-0.25, -0.2) is 9.18 Å². The molecule has 0 atom stereocenters. The van der Waals surface area contributed by atoms with Gasteiger partial charge in [-0.1, -0.05) is 0 Å². The Bertz CT molecular complexity index is 968. The highest BCUT2D eigenvalue weighted by Gasteiger charge is 2.26. The Morgan fingerprint density at radius 3 is 2.53 bits per heavy atom. The van der Waals surface area contributed by atoms with Crippen LogP contribution < -0.4 is 14.5 Å². The van der Waals surface area contributed by atoms with E-state index in [1.54, 1.807) is 40.1 Å². The molecular formula is C24H32FN3O4. The van der Waals surface area contributed by atoms with Crippen molar-refractivity contribution in [3.8, 4) is 5.75 Å². The molecule has 1 aliphatic rings. The van der Waals surface area contributed by atoms with Gasteiger partial charge in [0.2, 0.25) is 0 Å². The van der Waals surface area contributed by atoms with Crippen LogP contribution in [-0.4, -0.2) is 50.1 Å². The SMILES string of the molecule is COc1c(C)cnc(CN(C(=O)OC(C)(C)C)c2cc(F)cc(N3CCOCC3)c2)c1C. The predicted octanol–water partition coefficient (Wildman–Crippen LogP) is 4.62. The number of ether oxygens (including phenoxy) is 3. The number of pyridine rings is 1. The van der Waals surface area contributed by atoms with E-state index >= 15 is 0 Å². The summed E-state index contributed by atoms with van der Waals surface area (Å²) in [7, 11) is 1.60.